The molecule has 0 fully saturated rings. The number of nitrogens with one attached hydrogen (secondary N) is 1. The fraction of sp³-hybridized carbons (Fsp3) is 0.368. The first-order valence-corrected chi connectivity index (χ1v) is 8.82. The van der Waals surface area contributed by atoms with Crippen molar-refractivity contribution in [3.05, 3.63) is 47.4 Å². The third kappa shape index (κ3) is 2.89. The molecule has 1 N–H and O–H groups in total. The molecule has 1 amide bonds. The molecule has 0 aliphatic carbocycles. The largest absolute Gasteiger partial charge is 0.311 e. The molecule has 1 aliphatic rings. The van der Waals surface area contributed by atoms with Gasteiger partial charge >= 0.3 is 0 Å². The molecule has 0 bridgehead atoms. The lowest BCUT2D eigenvalue weighted by Gasteiger charge is -2.24. The van der Waals surface area contributed by atoms with E-state index in [1.54, 1.807) is 10.9 Å². The first-order chi connectivity index (χ1) is 12.5. The van der Waals surface area contributed by atoms with Crippen LogP contribution in [-0.2, 0) is 18.4 Å². The molecule has 0 saturated heterocycles. The molecule has 7 heteroatoms. The van der Waals surface area contributed by atoms with Crippen LogP contribution in [0.1, 0.15) is 35.7 Å². The summed E-state index contributed by atoms with van der Waals surface area (Å²) in [4.78, 5) is 16.7. The lowest BCUT2D eigenvalue weighted by Crippen LogP contribution is -2.25. The Morgan fingerprint density at radius 1 is 1.27 bits per heavy atom. The fourth-order valence-corrected chi connectivity index (χ4v) is 3.70. The number of hydrogen-bond acceptors (Lipinski definition) is 4. The van der Waals surface area contributed by atoms with Crippen LogP contribution in [0.25, 0.3) is 11.4 Å². The van der Waals surface area contributed by atoms with Gasteiger partial charge in [-0.15, -0.1) is 0 Å². The summed E-state index contributed by atoms with van der Waals surface area (Å²) in [6.45, 7) is 4.83. The third-order valence-corrected chi connectivity index (χ3v) is 4.88. The molecule has 4 heterocycles. The third-order valence-electron chi connectivity index (χ3n) is 4.88. The molecule has 134 valence electrons. The summed E-state index contributed by atoms with van der Waals surface area (Å²) in [5, 5.41) is 12.2. The molecule has 0 spiro atoms. The number of amides is 1. The van der Waals surface area contributed by atoms with Gasteiger partial charge in [0.2, 0.25) is 5.91 Å². The van der Waals surface area contributed by atoms with Gasteiger partial charge in [-0.2, -0.15) is 10.2 Å². The van der Waals surface area contributed by atoms with E-state index >= 15 is 0 Å². The van der Waals surface area contributed by atoms with Crippen molar-refractivity contribution in [3.8, 4) is 11.4 Å². The van der Waals surface area contributed by atoms with Crippen LogP contribution in [0.5, 0.6) is 0 Å². The lowest BCUT2D eigenvalue weighted by atomic mass is 9.88. The van der Waals surface area contributed by atoms with E-state index in [0.717, 1.165) is 47.1 Å². The van der Waals surface area contributed by atoms with Crippen LogP contribution < -0.4 is 5.32 Å². The number of rotatable bonds is 4. The molecule has 1 unspecified atom stereocenters. The number of hydrogen-bond donors (Lipinski definition) is 1. The Balaban J connectivity index is 1.70. The number of aromatic nitrogens is 5. The number of carbonyl (C=O) groups is 1. The highest BCUT2D eigenvalue weighted by Gasteiger charge is 2.32. The quantitative estimate of drug-likeness (QED) is 0.785. The van der Waals surface area contributed by atoms with Gasteiger partial charge < -0.3 is 5.32 Å². The van der Waals surface area contributed by atoms with Gasteiger partial charge in [0.05, 0.1) is 11.4 Å². The van der Waals surface area contributed by atoms with E-state index < -0.39 is 0 Å². The van der Waals surface area contributed by atoms with E-state index in [1.165, 1.54) is 0 Å². The molecule has 4 rings (SSSR count). The predicted octanol–water partition coefficient (Wildman–Crippen LogP) is 2.81. The second-order valence-electron chi connectivity index (χ2n) is 6.84. The van der Waals surface area contributed by atoms with Gasteiger partial charge in [-0.1, -0.05) is 6.07 Å². The minimum absolute atomic E-state index is 0.0337. The molecule has 1 atom stereocenters. The Bertz CT molecular complexity index is 956. The van der Waals surface area contributed by atoms with Crippen LogP contribution in [-0.4, -0.2) is 30.5 Å². The van der Waals surface area contributed by atoms with Gasteiger partial charge in [-0.25, -0.2) is 0 Å². The van der Waals surface area contributed by atoms with E-state index in [4.69, 9.17) is 0 Å². The van der Waals surface area contributed by atoms with Gasteiger partial charge in [0.15, 0.2) is 0 Å². The van der Waals surface area contributed by atoms with Crippen molar-refractivity contribution < 1.29 is 4.79 Å². The summed E-state index contributed by atoms with van der Waals surface area (Å²) in [5.41, 5.74) is 4.91. The Labute approximate surface area is 152 Å². The second kappa shape index (κ2) is 6.40. The van der Waals surface area contributed by atoms with Crippen molar-refractivity contribution in [3.63, 3.8) is 0 Å². The van der Waals surface area contributed by atoms with Gasteiger partial charge in [-0.3, -0.25) is 19.1 Å². The van der Waals surface area contributed by atoms with Gasteiger partial charge in [0, 0.05) is 43.4 Å². The standard InChI is InChI=1S/C19H22N6O/c1-12-10-13(2)25(22-12)9-7-14-11-16(26)21-19-17(14)18(23-24(19)3)15-6-4-5-8-20-15/h4-6,8,10,14H,7,9,11H2,1-3H3,(H,21,26). The summed E-state index contributed by atoms with van der Waals surface area (Å²) in [6, 6.07) is 7.87. The zero-order valence-corrected chi connectivity index (χ0v) is 15.2. The van der Waals surface area contributed by atoms with E-state index in [1.807, 2.05) is 36.9 Å². The highest BCUT2D eigenvalue weighted by Crippen LogP contribution is 2.40. The smallest absolute Gasteiger partial charge is 0.226 e. The monoisotopic (exact) mass is 350 g/mol. The number of fused-ring (bicyclic) bond motifs is 1. The maximum atomic E-state index is 12.2. The molecular formula is C19H22N6O. The first kappa shape index (κ1) is 16.5. The van der Waals surface area contributed by atoms with Crippen LogP contribution >= 0.6 is 0 Å². The molecule has 0 aromatic carbocycles. The van der Waals surface area contributed by atoms with Crippen molar-refractivity contribution in [2.24, 2.45) is 7.05 Å². The number of carbonyl (C=O) groups excluding carboxylic acids is 1. The average Bonchev–Trinajstić information content (AvgIpc) is 3.12. The SMILES string of the molecule is Cc1cc(C)n(CCC2CC(=O)Nc3c2c(-c2ccccn2)nn3C)n1. The van der Waals surface area contributed by atoms with E-state index in [2.05, 4.69) is 33.5 Å². The Hall–Kier alpha value is -2.96. The summed E-state index contributed by atoms with van der Waals surface area (Å²) in [6.07, 6.45) is 3.05. The molecule has 26 heavy (non-hydrogen) atoms. The van der Waals surface area contributed by atoms with Crippen LogP contribution in [0, 0.1) is 13.8 Å². The summed E-state index contributed by atoms with van der Waals surface area (Å²) >= 11 is 0. The van der Waals surface area contributed by atoms with Crippen molar-refractivity contribution in [2.75, 3.05) is 5.32 Å². The Morgan fingerprint density at radius 2 is 2.12 bits per heavy atom. The highest BCUT2D eigenvalue weighted by molar-refractivity contribution is 5.95. The maximum Gasteiger partial charge on any atom is 0.226 e. The number of aryl methyl sites for hydroxylation is 4. The first-order valence-electron chi connectivity index (χ1n) is 8.82. The topological polar surface area (TPSA) is 77.6 Å². The molecule has 1 aliphatic heterocycles. The van der Waals surface area contributed by atoms with Gasteiger partial charge in [0.1, 0.15) is 11.5 Å². The normalized spacial score (nSPS) is 16.4. The molecular weight excluding hydrogens is 328 g/mol. The fourth-order valence-electron chi connectivity index (χ4n) is 3.70. The number of anilines is 1. The van der Waals surface area contributed by atoms with E-state index in [-0.39, 0.29) is 11.8 Å². The Morgan fingerprint density at radius 3 is 2.81 bits per heavy atom. The summed E-state index contributed by atoms with van der Waals surface area (Å²) < 4.78 is 3.76. The number of nitrogens with zero attached hydrogens (tertiary/aromatic N) is 5. The highest BCUT2D eigenvalue weighted by atomic mass is 16.1. The van der Waals surface area contributed by atoms with Crippen LogP contribution in [0.3, 0.4) is 0 Å². The van der Waals surface area contributed by atoms with Gasteiger partial charge in [-0.05, 0) is 38.5 Å². The zero-order chi connectivity index (χ0) is 18.3. The predicted molar refractivity (Wildman–Crippen MR) is 98.7 cm³/mol. The number of pyridine rings is 1. The Kier molecular flexibility index (Phi) is 4.06. The van der Waals surface area contributed by atoms with Crippen LogP contribution in [0.15, 0.2) is 30.5 Å². The van der Waals surface area contributed by atoms with E-state index in [0.29, 0.717) is 6.42 Å². The zero-order valence-electron chi connectivity index (χ0n) is 15.2. The summed E-state index contributed by atoms with van der Waals surface area (Å²) in [7, 11) is 1.86. The van der Waals surface area contributed by atoms with Crippen molar-refractivity contribution in [1.29, 1.82) is 0 Å². The van der Waals surface area contributed by atoms with Gasteiger partial charge in [0.25, 0.3) is 0 Å². The van der Waals surface area contributed by atoms with Crippen LogP contribution in [0.4, 0.5) is 5.82 Å². The molecule has 7 nitrogen and oxygen atoms in total. The minimum atomic E-state index is 0.0337. The molecule has 0 saturated carbocycles. The lowest BCUT2D eigenvalue weighted by molar-refractivity contribution is -0.116. The molecule has 3 aromatic rings. The maximum absolute atomic E-state index is 12.2. The average molecular weight is 350 g/mol. The summed E-state index contributed by atoms with van der Waals surface area (Å²) in [5.74, 6) is 0.903. The molecule has 3 aromatic heterocycles. The van der Waals surface area contributed by atoms with Crippen LogP contribution in [0.2, 0.25) is 0 Å². The van der Waals surface area contributed by atoms with Crippen molar-refractivity contribution in [2.45, 2.75) is 39.2 Å². The second-order valence-corrected chi connectivity index (χ2v) is 6.84. The minimum Gasteiger partial charge on any atom is -0.311 e. The molecule has 0 radical (unpaired) electrons. The van der Waals surface area contributed by atoms with E-state index in [9.17, 15) is 4.79 Å². The van der Waals surface area contributed by atoms with Crippen molar-refractivity contribution >= 4 is 11.7 Å². The van der Waals surface area contributed by atoms with Crippen molar-refractivity contribution in [1.82, 2.24) is 24.5 Å².